The van der Waals surface area contributed by atoms with Crippen molar-refractivity contribution < 1.29 is 9.90 Å². The first-order chi connectivity index (χ1) is 9.11. The van der Waals surface area contributed by atoms with E-state index in [0.717, 1.165) is 25.2 Å². The normalized spacial score (nSPS) is 20.9. The lowest BCUT2D eigenvalue weighted by molar-refractivity contribution is -0.138. The maximum Gasteiger partial charge on any atom is 0.308 e. The number of nitrogens with zero attached hydrogens (tertiary/aromatic N) is 3. The van der Waals surface area contributed by atoms with Crippen LogP contribution in [0.5, 0.6) is 0 Å². The minimum atomic E-state index is -0.744. The Kier molecular flexibility index (Phi) is 4.19. The summed E-state index contributed by atoms with van der Waals surface area (Å²) in [5.41, 5.74) is 0. The molecule has 0 bridgehead atoms. The van der Waals surface area contributed by atoms with Gasteiger partial charge in [0.1, 0.15) is 18.0 Å². The van der Waals surface area contributed by atoms with Gasteiger partial charge >= 0.3 is 5.97 Å². The van der Waals surface area contributed by atoms with E-state index in [2.05, 4.69) is 27.1 Å². The molecule has 0 amide bonds. The SMILES string of the molecule is CCCCN(C)c1cc(NC2CC2C(=O)O)ncn1. The highest BCUT2D eigenvalue weighted by Crippen LogP contribution is 2.33. The molecular weight excluding hydrogens is 244 g/mol. The molecule has 2 rings (SSSR count). The number of anilines is 2. The Bertz CT molecular complexity index is 452. The first-order valence-corrected chi connectivity index (χ1v) is 6.64. The lowest BCUT2D eigenvalue weighted by Gasteiger charge is -2.18. The zero-order valence-electron chi connectivity index (χ0n) is 11.3. The zero-order chi connectivity index (χ0) is 13.8. The Labute approximate surface area is 112 Å². The molecule has 2 unspecified atom stereocenters. The largest absolute Gasteiger partial charge is 0.481 e. The molecule has 0 aromatic carbocycles. The number of hydrogen-bond donors (Lipinski definition) is 2. The Morgan fingerprint density at radius 2 is 2.37 bits per heavy atom. The van der Waals surface area contributed by atoms with Crippen LogP contribution in [-0.2, 0) is 4.79 Å². The Morgan fingerprint density at radius 1 is 1.58 bits per heavy atom. The van der Waals surface area contributed by atoms with E-state index in [1.165, 1.54) is 6.33 Å². The molecule has 1 saturated carbocycles. The van der Waals surface area contributed by atoms with Crippen molar-refractivity contribution in [1.82, 2.24) is 9.97 Å². The Balaban J connectivity index is 1.94. The van der Waals surface area contributed by atoms with Crippen molar-refractivity contribution in [2.75, 3.05) is 23.8 Å². The van der Waals surface area contributed by atoms with Gasteiger partial charge in [0.15, 0.2) is 0 Å². The highest BCUT2D eigenvalue weighted by atomic mass is 16.4. The van der Waals surface area contributed by atoms with Crippen LogP contribution in [-0.4, -0.2) is 40.7 Å². The fourth-order valence-corrected chi connectivity index (χ4v) is 1.96. The second-order valence-corrected chi connectivity index (χ2v) is 4.97. The monoisotopic (exact) mass is 264 g/mol. The minimum absolute atomic E-state index is 0.00111. The lowest BCUT2D eigenvalue weighted by atomic mass is 10.3. The van der Waals surface area contributed by atoms with E-state index in [1.54, 1.807) is 0 Å². The number of hydrogen-bond acceptors (Lipinski definition) is 5. The molecule has 1 fully saturated rings. The Morgan fingerprint density at radius 3 is 3.00 bits per heavy atom. The summed E-state index contributed by atoms with van der Waals surface area (Å²) in [6, 6.07) is 1.87. The third kappa shape index (κ3) is 3.56. The first kappa shape index (κ1) is 13.6. The van der Waals surface area contributed by atoms with Gasteiger partial charge in [0.05, 0.1) is 5.92 Å². The summed E-state index contributed by atoms with van der Waals surface area (Å²) in [6.07, 6.45) is 4.44. The summed E-state index contributed by atoms with van der Waals surface area (Å²) < 4.78 is 0. The van der Waals surface area contributed by atoms with Gasteiger partial charge in [-0.05, 0) is 12.8 Å². The van der Waals surface area contributed by atoms with Crippen LogP contribution in [0, 0.1) is 5.92 Å². The van der Waals surface area contributed by atoms with Crippen LogP contribution in [0.15, 0.2) is 12.4 Å². The van der Waals surface area contributed by atoms with Gasteiger partial charge in [-0.25, -0.2) is 9.97 Å². The van der Waals surface area contributed by atoms with Crippen LogP contribution in [0.1, 0.15) is 26.2 Å². The smallest absolute Gasteiger partial charge is 0.308 e. The molecule has 1 aromatic rings. The van der Waals surface area contributed by atoms with Crippen molar-refractivity contribution >= 4 is 17.6 Å². The molecule has 6 heteroatoms. The van der Waals surface area contributed by atoms with Gasteiger partial charge in [0, 0.05) is 25.7 Å². The van der Waals surface area contributed by atoms with Crippen LogP contribution in [0.3, 0.4) is 0 Å². The summed E-state index contributed by atoms with van der Waals surface area (Å²) >= 11 is 0. The molecule has 19 heavy (non-hydrogen) atoms. The summed E-state index contributed by atoms with van der Waals surface area (Å²) in [6.45, 7) is 3.11. The van der Waals surface area contributed by atoms with E-state index in [0.29, 0.717) is 12.2 Å². The lowest BCUT2D eigenvalue weighted by Crippen LogP contribution is -2.20. The number of rotatable bonds is 7. The summed E-state index contributed by atoms with van der Waals surface area (Å²) in [5.74, 6) is 0.531. The van der Waals surface area contributed by atoms with E-state index in [1.807, 2.05) is 13.1 Å². The van der Waals surface area contributed by atoms with Gasteiger partial charge in [-0.3, -0.25) is 4.79 Å². The van der Waals surface area contributed by atoms with Crippen LogP contribution < -0.4 is 10.2 Å². The maximum absolute atomic E-state index is 10.8. The topological polar surface area (TPSA) is 78.4 Å². The van der Waals surface area contributed by atoms with Gasteiger partial charge < -0.3 is 15.3 Å². The number of carboxylic acids is 1. The van der Waals surface area contributed by atoms with Crippen LogP contribution in [0.25, 0.3) is 0 Å². The van der Waals surface area contributed by atoms with Crippen molar-refractivity contribution in [3.8, 4) is 0 Å². The third-order valence-corrected chi connectivity index (χ3v) is 3.33. The molecule has 1 aliphatic rings. The summed E-state index contributed by atoms with van der Waals surface area (Å²) in [7, 11) is 2.00. The highest BCUT2D eigenvalue weighted by Gasteiger charge is 2.43. The van der Waals surface area contributed by atoms with E-state index in [4.69, 9.17) is 5.11 Å². The molecule has 1 aliphatic carbocycles. The predicted octanol–water partition coefficient (Wildman–Crippen LogP) is 1.60. The number of unbranched alkanes of at least 4 members (excludes halogenated alkanes) is 1. The van der Waals surface area contributed by atoms with Gasteiger partial charge in [-0.15, -0.1) is 0 Å². The molecule has 104 valence electrons. The average molecular weight is 264 g/mol. The van der Waals surface area contributed by atoms with E-state index in [-0.39, 0.29) is 12.0 Å². The van der Waals surface area contributed by atoms with Crippen molar-refractivity contribution in [1.29, 1.82) is 0 Å². The van der Waals surface area contributed by atoms with Crippen LogP contribution >= 0.6 is 0 Å². The predicted molar refractivity (Wildman–Crippen MR) is 73.4 cm³/mol. The number of carbonyl (C=O) groups is 1. The van der Waals surface area contributed by atoms with E-state index < -0.39 is 5.97 Å². The second-order valence-electron chi connectivity index (χ2n) is 4.97. The standard InChI is InChI=1S/C13H20N4O2/c1-3-4-5-17(2)12-7-11(14-8-15-12)16-10-6-9(10)13(18)19/h7-10H,3-6H2,1-2H3,(H,18,19)(H,14,15,16). The molecule has 0 radical (unpaired) electrons. The van der Waals surface area contributed by atoms with Crippen molar-refractivity contribution in [3.63, 3.8) is 0 Å². The molecule has 0 spiro atoms. The number of aromatic nitrogens is 2. The minimum Gasteiger partial charge on any atom is -0.481 e. The molecule has 2 N–H and O–H groups in total. The van der Waals surface area contributed by atoms with Gasteiger partial charge in [0.2, 0.25) is 0 Å². The molecule has 6 nitrogen and oxygen atoms in total. The zero-order valence-corrected chi connectivity index (χ0v) is 11.3. The molecule has 0 saturated heterocycles. The molecule has 1 heterocycles. The number of carboxylic acid groups (broad SMARTS) is 1. The van der Waals surface area contributed by atoms with Crippen molar-refractivity contribution in [2.24, 2.45) is 5.92 Å². The molecular formula is C13H20N4O2. The molecule has 0 aliphatic heterocycles. The van der Waals surface area contributed by atoms with Crippen molar-refractivity contribution in [3.05, 3.63) is 12.4 Å². The fraction of sp³-hybridized carbons (Fsp3) is 0.615. The number of aliphatic carboxylic acids is 1. The Hall–Kier alpha value is -1.85. The quantitative estimate of drug-likeness (QED) is 0.778. The third-order valence-electron chi connectivity index (χ3n) is 3.33. The summed E-state index contributed by atoms with van der Waals surface area (Å²) in [4.78, 5) is 21.2. The second kappa shape index (κ2) is 5.86. The molecule has 1 aromatic heterocycles. The van der Waals surface area contributed by atoms with Gasteiger partial charge in [-0.2, -0.15) is 0 Å². The average Bonchev–Trinajstić information content (AvgIpc) is 3.15. The van der Waals surface area contributed by atoms with Crippen LogP contribution in [0.4, 0.5) is 11.6 Å². The van der Waals surface area contributed by atoms with Gasteiger partial charge in [-0.1, -0.05) is 13.3 Å². The fourth-order valence-electron chi connectivity index (χ4n) is 1.96. The van der Waals surface area contributed by atoms with Crippen LogP contribution in [0.2, 0.25) is 0 Å². The maximum atomic E-state index is 10.8. The molecule has 2 atom stereocenters. The first-order valence-electron chi connectivity index (χ1n) is 6.64. The highest BCUT2D eigenvalue weighted by molar-refractivity contribution is 5.75. The van der Waals surface area contributed by atoms with E-state index in [9.17, 15) is 4.79 Å². The summed E-state index contributed by atoms with van der Waals surface area (Å²) in [5, 5.41) is 12.0. The van der Waals surface area contributed by atoms with Crippen molar-refractivity contribution in [2.45, 2.75) is 32.2 Å². The van der Waals surface area contributed by atoms with Gasteiger partial charge in [0.25, 0.3) is 0 Å². The van der Waals surface area contributed by atoms with E-state index >= 15 is 0 Å². The number of nitrogens with one attached hydrogen (secondary N) is 1.